The molecule has 1 saturated heterocycles. The van der Waals surface area contributed by atoms with Crippen LogP contribution in [0.25, 0.3) is 0 Å². The van der Waals surface area contributed by atoms with E-state index in [9.17, 15) is 13.2 Å². The van der Waals surface area contributed by atoms with Crippen LogP contribution in [-0.2, 0) is 32.3 Å². The number of carbonyl (C=O) groups excluding carboxylic acids is 1. The van der Waals surface area contributed by atoms with E-state index in [4.69, 9.17) is 14.7 Å². The van der Waals surface area contributed by atoms with Gasteiger partial charge in [0.25, 0.3) is 5.91 Å². The summed E-state index contributed by atoms with van der Waals surface area (Å²) in [5.74, 6) is -0.334. The van der Waals surface area contributed by atoms with Crippen molar-refractivity contribution in [2.45, 2.75) is 54.7 Å². The molecule has 0 bridgehead atoms. The zero-order valence-electron chi connectivity index (χ0n) is 19.9. The molecule has 2 aliphatic rings. The van der Waals surface area contributed by atoms with E-state index in [0.29, 0.717) is 12.4 Å². The van der Waals surface area contributed by atoms with E-state index in [2.05, 4.69) is 29.2 Å². The molecule has 0 unspecified atom stereocenters. The van der Waals surface area contributed by atoms with Gasteiger partial charge in [0.1, 0.15) is 5.75 Å². The second-order valence-electron chi connectivity index (χ2n) is 9.23. The maximum atomic E-state index is 13.3. The minimum Gasteiger partial charge on any atom is -0.494 e. The maximum Gasteiger partial charge on any atom is 0.265 e. The lowest BCUT2D eigenvalue weighted by Crippen LogP contribution is -2.54. The lowest BCUT2D eigenvalue weighted by molar-refractivity contribution is -0.134. The maximum absolute atomic E-state index is 13.3. The van der Waals surface area contributed by atoms with Crippen molar-refractivity contribution < 1.29 is 27.9 Å². The van der Waals surface area contributed by atoms with Crippen LogP contribution in [0.1, 0.15) is 43.2 Å². The number of hydrogen-bond donors (Lipinski definition) is 2. The second-order valence-corrected chi connectivity index (χ2v) is 11.5. The molecule has 2 aliphatic heterocycles. The molecular formula is C26H34N2O6S. The summed E-state index contributed by atoms with van der Waals surface area (Å²) in [4.78, 5) is 14.9. The number of nitrogens with one attached hydrogen (secondary N) is 1. The van der Waals surface area contributed by atoms with Gasteiger partial charge in [-0.05, 0) is 80.5 Å². The second kappa shape index (κ2) is 11.5. The van der Waals surface area contributed by atoms with Crippen molar-refractivity contribution in [3.63, 3.8) is 0 Å². The zero-order valence-corrected chi connectivity index (χ0v) is 20.8. The van der Waals surface area contributed by atoms with E-state index in [1.807, 2.05) is 0 Å². The van der Waals surface area contributed by atoms with Gasteiger partial charge in [-0.2, -0.15) is 0 Å². The van der Waals surface area contributed by atoms with E-state index in [-0.39, 0.29) is 31.0 Å². The largest absolute Gasteiger partial charge is 0.494 e. The summed E-state index contributed by atoms with van der Waals surface area (Å²) < 4.78 is 35.9. The highest BCUT2D eigenvalue weighted by molar-refractivity contribution is 7.93. The SMILES string of the molecule is O=C(NO)C1(S(=O)(=O)c2ccc(OCCCCCN3CCc4ccccc4C3)cc2)CCOCC1. The van der Waals surface area contributed by atoms with Crippen LogP contribution in [0.4, 0.5) is 0 Å². The lowest BCUT2D eigenvalue weighted by Gasteiger charge is -2.34. The number of sulfone groups is 1. The Morgan fingerprint density at radius 1 is 1.03 bits per heavy atom. The Morgan fingerprint density at radius 2 is 1.74 bits per heavy atom. The van der Waals surface area contributed by atoms with Gasteiger partial charge in [0.05, 0.1) is 11.5 Å². The standard InChI is InChI=1S/C26H34N2O6S/c29-25(27-30)26(13-18-33-19-14-26)35(31,32)24-10-8-23(9-11-24)34-17-5-1-4-15-28-16-12-21-6-2-3-7-22(21)20-28/h2-3,6-11,30H,1,4-5,12-20H2,(H,27,29). The number of unbranched alkanes of at least 4 members (excludes halogenated alkanes) is 2. The molecule has 9 heteroatoms. The topological polar surface area (TPSA) is 105 Å². The summed E-state index contributed by atoms with van der Waals surface area (Å²) in [6.45, 7) is 4.04. The van der Waals surface area contributed by atoms with E-state index < -0.39 is 20.5 Å². The molecule has 4 rings (SSSR count). The van der Waals surface area contributed by atoms with Crippen molar-refractivity contribution in [3.8, 4) is 5.75 Å². The Kier molecular flexibility index (Phi) is 8.43. The molecule has 2 aromatic carbocycles. The van der Waals surface area contributed by atoms with Crippen molar-refractivity contribution in [3.05, 3.63) is 59.7 Å². The van der Waals surface area contributed by atoms with Gasteiger partial charge < -0.3 is 9.47 Å². The number of benzene rings is 2. The quantitative estimate of drug-likeness (QED) is 0.292. The van der Waals surface area contributed by atoms with E-state index >= 15 is 0 Å². The summed E-state index contributed by atoms with van der Waals surface area (Å²) in [5.41, 5.74) is 4.44. The number of fused-ring (bicyclic) bond motifs is 1. The van der Waals surface area contributed by atoms with Crippen LogP contribution in [0.3, 0.4) is 0 Å². The normalized spacial score (nSPS) is 18.0. The first kappa shape index (κ1) is 25.6. The summed E-state index contributed by atoms with van der Waals surface area (Å²) in [7, 11) is -4.03. The molecular weight excluding hydrogens is 468 g/mol. The van der Waals surface area contributed by atoms with Crippen molar-refractivity contribution in [2.75, 3.05) is 32.9 Å². The molecule has 1 amide bonds. The predicted molar refractivity (Wildman–Crippen MR) is 131 cm³/mol. The molecule has 35 heavy (non-hydrogen) atoms. The van der Waals surface area contributed by atoms with Crippen LogP contribution in [-0.4, -0.2) is 62.1 Å². The fourth-order valence-corrected chi connectivity index (χ4v) is 6.85. The average molecular weight is 503 g/mol. The first-order valence-corrected chi connectivity index (χ1v) is 13.7. The third-order valence-corrected chi connectivity index (χ3v) is 9.58. The van der Waals surface area contributed by atoms with Gasteiger partial charge in [0.15, 0.2) is 14.6 Å². The van der Waals surface area contributed by atoms with Crippen LogP contribution in [0.5, 0.6) is 5.75 Å². The molecule has 8 nitrogen and oxygen atoms in total. The van der Waals surface area contributed by atoms with E-state index in [1.54, 1.807) is 12.1 Å². The van der Waals surface area contributed by atoms with Crippen molar-refractivity contribution in [1.82, 2.24) is 10.4 Å². The van der Waals surface area contributed by atoms with Gasteiger partial charge in [-0.15, -0.1) is 0 Å². The molecule has 0 spiro atoms. The lowest BCUT2D eigenvalue weighted by atomic mass is 9.98. The first-order chi connectivity index (χ1) is 17.0. The highest BCUT2D eigenvalue weighted by atomic mass is 32.2. The number of hydroxylamine groups is 1. The molecule has 0 radical (unpaired) electrons. The minimum absolute atomic E-state index is 0.0100. The first-order valence-electron chi connectivity index (χ1n) is 12.3. The van der Waals surface area contributed by atoms with Gasteiger partial charge >= 0.3 is 0 Å². The third-order valence-electron chi connectivity index (χ3n) is 7.06. The molecule has 190 valence electrons. The number of ether oxygens (including phenoxy) is 2. The van der Waals surface area contributed by atoms with Crippen LogP contribution >= 0.6 is 0 Å². The number of nitrogens with zero attached hydrogens (tertiary/aromatic N) is 1. The van der Waals surface area contributed by atoms with Crippen molar-refractivity contribution in [1.29, 1.82) is 0 Å². The molecule has 0 saturated carbocycles. The predicted octanol–water partition coefficient (Wildman–Crippen LogP) is 3.12. The zero-order chi connectivity index (χ0) is 24.7. The van der Waals surface area contributed by atoms with Crippen LogP contribution < -0.4 is 10.2 Å². The molecule has 1 fully saturated rings. The molecule has 2 aromatic rings. The monoisotopic (exact) mass is 502 g/mol. The minimum atomic E-state index is -4.03. The summed E-state index contributed by atoms with van der Waals surface area (Å²) in [6.07, 6.45) is 4.19. The number of rotatable bonds is 10. The molecule has 2 heterocycles. The highest BCUT2D eigenvalue weighted by Gasteiger charge is 2.52. The van der Waals surface area contributed by atoms with Gasteiger partial charge in [-0.3, -0.25) is 14.9 Å². The fourth-order valence-electron chi connectivity index (χ4n) is 4.91. The Hall–Kier alpha value is -2.46. The van der Waals surface area contributed by atoms with Gasteiger partial charge in [0, 0.05) is 26.3 Å². The van der Waals surface area contributed by atoms with Crippen LogP contribution in [0.15, 0.2) is 53.4 Å². The third kappa shape index (κ3) is 5.69. The van der Waals surface area contributed by atoms with Crippen molar-refractivity contribution >= 4 is 15.7 Å². The van der Waals surface area contributed by atoms with Gasteiger partial charge in [0.2, 0.25) is 0 Å². The average Bonchev–Trinajstić information content (AvgIpc) is 2.90. The summed E-state index contributed by atoms with van der Waals surface area (Å²) in [6, 6.07) is 14.8. The Morgan fingerprint density at radius 3 is 2.46 bits per heavy atom. The van der Waals surface area contributed by atoms with Gasteiger partial charge in [-0.25, -0.2) is 13.9 Å². The van der Waals surface area contributed by atoms with Crippen molar-refractivity contribution in [2.24, 2.45) is 0 Å². The number of hydrogen-bond acceptors (Lipinski definition) is 7. The molecule has 2 N–H and O–H groups in total. The summed E-state index contributed by atoms with van der Waals surface area (Å²) in [5, 5.41) is 9.15. The van der Waals surface area contributed by atoms with Crippen LogP contribution in [0, 0.1) is 0 Å². The molecule has 0 aromatic heterocycles. The molecule has 0 aliphatic carbocycles. The Labute approximate surface area is 207 Å². The van der Waals surface area contributed by atoms with E-state index in [0.717, 1.165) is 45.3 Å². The fraction of sp³-hybridized carbons (Fsp3) is 0.500. The number of carbonyl (C=O) groups is 1. The molecule has 0 atom stereocenters. The van der Waals surface area contributed by atoms with Crippen LogP contribution in [0.2, 0.25) is 0 Å². The number of amides is 1. The smallest absolute Gasteiger partial charge is 0.265 e. The van der Waals surface area contributed by atoms with Gasteiger partial charge in [-0.1, -0.05) is 24.3 Å². The van der Waals surface area contributed by atoms with E-state index in [1.165, 1.54) is 28.7 Å². The summed E-state index contributed by atoms with van der Waals surface area (Å²) >= 11 is 0. The Bertz CT molecular complexity index is 1100. The Balaban J connectivity index is 1.23. The highest BCUT2D eigenvalue weighted by Crippen LogP contribution is 2.35.